The minimum atomic E-state index is -0.547. The summed E-state index contributed by atoms with van der Waals surface area (Å²) < 4.78 is 12.6. The Bertz CT molecular complexity index is 742. The summed E-state index contributed by atoms with van der Waals surface area (Å²) in [5, 5.41) is 2.68. The van der Waals surface area contributed by atoms with Gasteiger partial charge in [-0.2, -0.15) is 0 Å². The minimum Gasteiger partial charge on any atom is -0.444 e. The zero-order valence-corrected chi connectivity index (χ0v) is 14.6. The lowest BCUT2D eigenvalue weighted by molar-refractivity contribution is 0.0635. The summed E-state index contributed by atoms with van der Waals surface area (Å²) in [6.45, 7) is 9.01. The highest BCUT2D eigenvalue weighted by Gasteiger charge is 2.21. The van der Waals surface area contributed by atoms with Gasteiger partial charge in [0.1, 0.15) is 5.60 Å². The number of ether oxygens (including phenoxy) is 2. The van der Waals surface area contributed by atoms with E-state index in [-0.39, 0.29) is 0 Å². The van der Waals surface area contributed by atoms with Crippen molar-refractivity contribution >= 4 is 17.6 Å². The average molecular weight is 332 g/mol. The van der Waals surface area contributed by atoms with Crippen LogP contribution in [0.5, 0.6) is 0 Å². The number of carbonyl (C=O) groups is 1. The molecule has 1 aliphatic rings. The fourth-order valence-electron chi connectivity index (χ4n) is 2.82. The summed E-state index contributed by atoms with van der Waals surface area (Å²) in [4.78, 5) is 21.1. The first-order valence-electron chi connectivity index (χ1n) is 8.23. The molecule has 1 unspecified atom stereocenters. The van der Waals surface area contributed by atoms with Gasteiger partial charge in [0, 0.05) is 19.4 Å². The second-order valence-electron chi connectivity index (χ2n) is 7.25. The summed E-state index contributed by atoms with van der Waals surface area (Å²) in [7, 11) is 0. The van der Waals surface area contributed by atoms with E-state index in [1.165, 1.54) is 0 Å². The van der Waals surface area contributed by atoms with E-state index in [0.29, 0.717) is 11.7 Å². The van der Waals surface area contributed by atoms with E-state index in [4.69, 9.17) is 9.47 Å². The molecule has 0 spiro atoms. The van der Waals surface area contributed by atoms with E-state index in [9.17, 15) is 4.79 Å². The topological polar surface area (TPSA) is 77.8 Å². The van der Waals surface area contributed by atoms with Gasteiger partial charge in [-0.05, 0) is 46.5 Å². The summed E-state index contributed by atoms with van der Waals surface area (Å²) in [5.41, 5.74) is 2.06. The molecular weight excluding hydrogens is 308 g/mol. The maximum atomic E-state index is 11.9. The number of nitrogens with one attached hydrogen (secondary N) is 1. The van der Waals surface area contributed by atoms with Crippen molar-refractivity contribution in [1.29, 1.82) is 0 Å². The van der Waals surface area contributed by atoms with Gasteiger partial charge < -0.3 is 13.9 Å². The molecule has 1 aliphatic heterocycles. The Hall–Kier alpha value is -2.15. The van der Waals surface area contributed by atoms with Gasteiger partial charge in [0.05, 0.1) is 17.6 Å². The number of fused-ring (bicyclic) bond motifs is 1. The molecule has 1 fully saturated rings. The molecule has 0 bridgehead atoms. The van der Waals surface area contributed by atoms with E-state index in [2.05, 4.69) is 15.3 Å². The van der Waals surface area contributed by atoms with E-state index in [1.807, 2.05) is 38.3 Å². The van der Waals surface area contributed by atoms with Crippen LogP contribution in [-0.4, -0.2) is 39.3 Å². The Morgan fingerprint density at radius 2 is 2.21 bits per heavy atom. The van der Waals surface area contributed by atoms with Gasteiger partial charge in [-0.25, -0.2) is 9.78 Å². The van der Waals surface area contributed by atoms with Crippen molar-refractivity contribution in [2.45, 2.75) is 46.1 Å². The van der Waals surface area contributed by atoms with Crippen LogP contribution in [0, 0.1) is 12.8 Å². The summed E-state index contributed by atoms with van der Waals surface area (Å²) in [6, 6.07) is 0. The van der Waals surface area contributed by atoms with E-state index >= 15 is 0 Å². The molecule has 24 heavy (non-hydrogen) atoms. The van der Waals surface area contributed by atoms with E-state index < -0.39 is 11.7 Å². The van der Waals surface area contributed by atoms with Crippen LogP contribution in [0.25, 0.3) is 5.65 Å². The third kappa shape index (κ3) is 4.03. The first-order chi connectivity index (χ1) is 11.3. The number of hydrogen-bond acceptors (Lipinski definition) is 5. The molecule has 1 saturated heterocycles. The molecule has 7 heteroatoms. The molecule has 0 saturated carbocycles. The number of imidazole rings is 1. The highest BCUT2D eigenvalue weighted by atomic mass is 16.6. The van der Waals surface area contributed by atoms with Crippen molar-refractivity contribution in [1.82, 2.24) is 14.4 Å². The minimum absolute atomic E-state index is 0.459. The summed E-state index contributed by atoms with van der Waals surface area (Å²) >= 11 is 0. The fraction of sp³-hybridized carbons (Fsp3) is 0.588. The highest BCUT2D eigenvalue weighted by Crippen LogP contribution is 2.21. The Labute approximate surface area is 141 Å². The van der Waals surface area contributed by atoms with Gasteiger partial charge in [-0.15, -0.1) is 0 Å². The molecule has 2 aromatic heterocycles. The first kappa shape index (κ1) is 16.7. The number of rotatable bonds is 3. The molecule has 130 valence electrons. The largest absolute Gasteiger partial charge is 0.444 e. The Morgan fingerprint density at radius 1 is 1.42 bits per heavy atom. The lowest BCUT2D eigenvalue weighted by Crippen LogP contribution is -2.27. The number of hydrogen-bond donors (Lipinski definition) is 1. The molecule has 1 N–H and O–H groups in total. The maximum Gasteiger partial charge on any atom is 0.413 e. The average Bonchev–Trinajstić information content (AvgIpc) is 3.05. The quantitative estimate of drug-likeness (QED) is 0.935. The van der Waals surface area contributed by atoms with Crippen LogP contribution in [0.15, 0.2) is 12.4 Å². The standard InChI is InChI=1S/C17H24N4O3/c1-11-8-21-9-14(20-16(22)24-17(2,3)4)19-15(21)13(18-11)7-12-5-6-23-10-12/h8-9,12H,5-7,10H2,1-4H3,(H,20,22). The molecule has 3 rings (SSSR count). The zero-order chi connectivity index (χ0) is 17.3. The number of aryl methyl sites for hydroxylation is 1. The summed E-state index contributed by atoms with van der Waals surface area (Å²) in [6.07, 6.45) is 5.04. The van der Waals surface area contributed by atoms with Crippen LogP contribution in [0.3, 0.4) is 0 Å². The van der Waals surface area contributed by atoms with Crippen LogP contribution in [0.2, 0.25) is 0 Å². The number of carbonyl (C=O) groups excluding carboxylic acids is 1. The van der Waals surface area contributed by atoms with Gasteiger partial charge in [-0.3, -0.25) is 10.3 Å². The van der Waals surface area contributed by atoms with Crippen LogP contribution in [0.1, 0.15) is 38.6 Å². The van der Waals surface area contributed by atoms with Crippen LogP contribution >= 0.6 is 0 Å². The van der Waals surface area contributed by atoms with Gasteiger partial charge in [-0.1, -0.05) is 0 Å². The smallest absolute Gasteiger partial charge is 0.413 e. The van der Waals surface area contributed by atoms with Gasteiger partial charge in [0.15, 0.2) is 11.5 Å². The van der Waals surface area contributed by atoms with Gasteiger partial charge in [0.25, 0.3) is 0 Å². The van der Waals surface area contributed by atoms with Gasteiger partial charge in [0.2, 0.25) is 0 Å². The second kappa shape index (κ2) is 6.39. The van der Waals surface area contributed by atoms with E-state index in [0.717, 1.165) is 43.1 Å². The van der Waals surface area contributed by atoms with E-state index in [1.54, 1.807) is 6.20 Å². The predicted molar refractivity (Wildman–Crippen MR) is 90.2 cm³/mol. The Kier molecular flexibility index (Phi) is 4.45. The molecule has 0 radical (unpaired) electrons. The second-order valence-corrected chi connectivity index (χ2v) is 7.25. The van der Waals surface area contributed by atoms with Crippen molar-refractivity contribution in [3.05, 3.63) is 23.8 Å². The van der Waals surface area contributed by atoms with Crippen molar-refractivity contribution in [2.75, 3.05) is 18.5 Å². The Morgan fingerprint density at radius 3 is 2.88 bits per heavy atom. The maximum absolute atomic E-state index is 11.9. The van der Waals surface area contributed by atoms with Crippen LogP contribution in [-0.2, 0) is 15.9 Å². The first-order valence-corrected chi connectivity index (χ1v) is 8.23. The molecule has 0 aliphatic carbocycles. The van der Waals surface area contributed by atoms with Crippen LogP contribution < -0.4 is 5.32 Å². The number of nitrogens with zero attached hydrogens (tertiary/aromatic N) is 3. The normalized spacial score (nSPS) is 18.1. The molecule has 0 aromatic carbocycles. The zero-order valence-electron chi connectivity index (χ0n) is 14.6. The third-order valence-electron chi connectivity index (χ3n) is 3.76. The lowest BCUT2D eigenvalue weighted by Gasteiger charge is -2.18. The molecular formula is C17H24N4O3. The number of aromatic nitrogens is 3. The monoisotopic (exact) mass is 332 g/mol. The SMILES string of the molecule is Cc1cn2cc(NC(=O)OC(C)(C)C)nc2c(CC2CCOC2)n1. The lowest BCUT2D eigenvalue weighted by atomic mass is 10.0. The fourth-order valence-corrected chi connectivity index (χ4v) is 2.82. The molecule has 2 aromatic rings. The molecule has 3 heterocycles. The van der Waals surface area contributed by atoms with Gasteiger partial charge >= 0.3 is 6.09 Å². The van der Waals surface area contributed by atoms with Crippen molar-refractivity contribution < 1.29 is 14.3 Å². The predicted octanol–water partition coefficient (Wildman–Crippen LogP) is 2.96. The van der Waals surface area contributed by atoms with Crippen molar-refractivity contribution in [3.63, 3.8) is 0 Å². The van der Waals surface area contributed by atoms with Crippen LogP contribution in [0.4, 0.5) is 10.6 Å². The highest BCUT2D eigenvalue weighted by molar-refractivity contribution is 5.84. The number of anilines is 1. The molecule has 7 nitrogen and oxygen atoms in total. The molecule has 1 amide bonds. The molecule has 1 atom stereocenters. The number of amides is 1. The van der Waals surface area contributed by atoms with Crippen molar-refractivity contribution in [3.8, 4) is 0 Å². The van der Waals surface area contributed by atoms with Crippen molar-refractivity contribution in [2.24, 2.45) is 5.92 Å². The summed E-state index contributed by atoms with van der Waals surface area (Å²) in [5.74, 6) is 0.933. The third-order valence-corrected chi connectivity index (χ3v) is 3.76. The Balaban J connectivity index is 1.82.